The fourth-order valence-electron chi connectivity index (χ4n) is 4.31. The summed E-state index contributed by atoms with van der Waals surface area (Å²) in [4.78, 5) is 12.8. The number of methoxy groups -OCH3 is 1. The maximum Gasteiger partial charge on any atom is 0.256 e. The van der Waals surface area contributed by atoms with E-state index in [0.717, 1.165) is 5.57 Å². The van der Waals surface area contributed by atoms with Crippen LogP contribution in [0.4, 0.5) is 0 Å². The number of nitrogens with one attached hydrogen (secondary N) is 1. The van der Waals surface area contributed by atoms with Crippen LogP contribution < -0.4 is 5.32 Å². The maximum absolute atomic E-state index is 12.8. The molecule has 2 rings (SSSR count). The number of aliphatic hydroxyl groups excluding tert-OH is 4. The van der Waals surface area contributed by atoms with E-state index in [1.165, 1.54) is 7.11 Å². The molecule has 0 aliphatic carbocycles. The number of halogens is 1. The van der Waals surface area contributed by atoms with Crippen molar-refractivity contribution in [1.29, 1.82) is 0 Å². The van der Waals surface area contributed by atoms with Crippen molar-refractivity contribution in [3.63, 3.8) is 0 Å². The molecule has 9 atom stereocenters. The molecule has 33 heavy (non-hydrogen) atoms. The standard InChI is InChI=1S/C22H38INO9/c1-11-9-22(30-6,33-13(3)12(11)2)18(27)20(29)24-19(28)15-8-16(26)21(4,5)17(32-15)7-14(25)10-31-23/h12-19,25-28H,1,7-10H2,2-6H3,(H,24,29)/t12-,13-,14+,15?,16-,17-,18-,19+,22-/m1/s1. The minimum atomic E-state index is -1.74. The number of rotatable bonds is 9. The van der Waals surface area contributed by atoms with Crippen LogP contribution in [0.2, 0.25) is 0 Å². The maximum atomic E-state index is 12.8. The first-order chi connectivity index (χ1) is 15.3. The van der Waals surface area contributed by atoms with Crippen LogP contribution in [0.25, 0.3) is 0 Å². The molecule has 0 aromatic heterocycles. The Hall–Kier alpha value is -0.380. The van der Waals surface area contributed by atoms with Crippen LogP contribution in [-0.4, -0.2) is 88.7 Å². The van der Waals surface area contributed by atoms with E-state index in [4.69, 9.17) is 17.3 Å². The smallest absolute Gasteiger partial charge is 0.256 e. The second-order valence-electron chi connectivity index (χ2n) is 9.72. The summed E-state index contributed by atoms with van der Waals surface area (Å²) in [5, 5.41) is 44.6. The van der Waals surface area contributed by atoms with E-state index >= 15 is 0 Å². The first-order valence-corrected chi connectivity index (χ1v) is 12.0. The predicted molar refractivity (Wildman–Crippen MR) is 127 cm³/mol. The van der Waals surface area contributed by atoms with Crippen LogP contribution in [0.15, 0.2) is 12.2 Å². The van der Waals surface area contributed by atoms with E-state index in [1.54, 1.807) is 29.9 Å². The number of hydrogen-bond donors (Lipinski definition) is 5. The second kappa shape index (κ2) is 11.6. The Balaban J connectivity index is 2.09. The van der Waals surface area contributed by atoms with Crippen molar-refractivity contribution in [2.45, 2.75) is 95.6 Å². The van der Waals surface area contributed by atoms with Crippen molar-refractivity contribution < 1.29 is 42.5 Å². The molecule has 10 nitrogen and oxygen atoms in total. The normalized spacial score (nSPS) is 37.3. The van der Waals surface area contributed by atoms with Crippen molar-refractivity contribution in [3.8, 4) is 0 Å². The van der Waals surface area contributed by atoms with Crippen LogP contribution in [0.3, 0.4) is 0 Å². The molecule has 0 aromatic carbocycles. The Morgan fingerprint density at radius 3 is 2.52 bits per heavy atom. The van der Waals surface area contributed by atoms with Gasteiger partial charge in [-0.2, -0.15) is 0 Å². The summed E-state index contributed by atoms with van der Waals surface area (Å²) in [5.74, 6) is -2.51. The molecule has 2 heterocycles. The van der Waals surface area contributed by atoms with Crippen molar-refractivity contribution in [3.05, 3.63) is 12.2 Å². The third-order valence-electron chi connectivity index (χ3n) is 7.08. The van der Waals surface area contributed by atoms with Gasteiger partial charge in [0.05, 0.1) is 31.0 Å². The van der Waals surface area contributed by atoms with Gasteiger partial charge in [0.25, 0.3) is 5.91 Å². The van der Waals surface area contributed by atoms with Gasteiger partial charge in [0.1, 0.15) is 29.1 Å². The van der Waals surface area contributed by atoms with Gasteiger partial charge in [-0.15, -0.1) is 0 Å². The van der Waals surface area contributed by atoms with Crippen molar-refractivity contribution in [2.24, 2.45) is 11.3 Å². The molecule has 5 N–H and O–H groups in total. The van der Waals surface area contributed by atoms with Crippen LogP contribution in [-0.2, 0) is 22.1 Å². The molecular formula is C22H38INO9. The van der Waals surface area contributed by atoms with E-state index in [-0.39, 0.29) is 37.9 Å². The third-order valence-corrected chi connectivity index (χ3v) is 7.44. The van der Waals surface area contributed by atoms with Crippen LogP contribution in [0, 0.1) is 11.3 Å². The Morgan fingerprint density at radius 2 is 1.97 bits per heavy atom. The van der Waals surface area contributed by atoms with Gasteiger partial charge < -0.3 is 43.0 Å². The molecule has 2 saturated heterocycles. The largest absolute Gasteiger partial charge is 0.392 e. The quantitative estimate of drug-likeness (QED) is 0.150. The number of amides is 1. The number of hydrogen-bond acceptors (Lipinski definition) is 9. The monoisotopic (exact) mass is 587 g/mol. The van der Waals surface area contributed by atoms with Crippen molar-refractivity contribution in [2.75, 3.05) is 13.7 Å². The van der Waals surface area contributed by atoms with E-state index in [0.29, 0.717) is 0 Å². The van der Waals surface area contributed by atoms with Crippen molar-refractivity contribution in [1.82, 2.24) is 5.32 Å². The first kappa shape index (κ1) is 28.9. The minimum absolute atomic E-state index is 0.0273. The van der Waals surface area contributed by atoms with E-state index in [9.17, 15) is 25.2 Å². The molecule has 0 bridgehead atoms. The molecule has 11 heteroatoms. The van der Waals surface area contributed by atoms with E-state index < -0.39 is 53.9 Å². The highest BCUT2D eigenvalue weighted by Gasteiger charge is 2.51. The number of aliphatic hydroxyl groups is 4. The average Bonchev–Trinajstić information content (AvgIpc) is 2.74. The lowest BCUT2D eigenvalue weighted by Gasteiger charge is -2.47. The molecule has 1 unspecified atom stereocenters. The summed E-state index contributed by atoms with van der Waals surface area (Å²) in [6.07, 6.45) is -6.51. The highest BCUT2D eigenvalue weighted by molar-refractivity contribution is 14.1. The van der Waals surface area contributed by atoms with Crippen LogP contribution in [0.5, 0.6) is 0 Å². The topological polar surface area (TPSA) is 147 Å². The highest BCUT2D eigenvalue weighted by atomic mass is 127. The first-order valence-electron chi connectivity index (χ1n) is 11.1. The van der Waals surface area contributed by atoms with E-state index in [1.807, 2.05) is 20.8 Å². The zero-order chi connectivity index (χ0) is 25.1. The van der Waals surface area contributed by atoms with Crippen molar-refractivity contribution >= 4 is 28.9 Å². The molecule has 0 spiro atoms. The third kappa shape index (κ3) is 6.44. The Bertz CT molecular complexity index is 693. The van der Waals surface area contributed by atoms with Gasteiger partial charge in [0, 0.05) is 37.7 Å². The van der Waals surface area contributed by atoms with Gasteiger partial charge >= 0.3 is 0 Å². The van der Waals surface area contributed by atoms with E-state index in [2.05, 4.69) is 11.9 Å². The molecule has 0 saturated carbocycles. The number of carbonyl (C=O) groups excluding carboxylic acids is 1. The summed E-state index contributed by atoms with van der Waals surface area (Å²) in [6, 6.07) is 0. The van der Waals surface area contributed by atoms with Crippen LogP contribution >= 0.6 is 23.0 Å². The molecule has 2 aliphatic rings. The lowest BCUT2D eigenvalue weighted by Crippen LogP contribution is -2.62. The number of carbonyl (C=O) groups is 1. The lowest BCUT2D eigenvalue weighted by atomic mass is 9.74. The molecule has 2 aliphatic heterocycles. The lowest BCUT2D eigenvalue weighted by molar-refractivity contribution is -0.298. The summed E-state index contributed by atoms with van der Waals surface area (Å²) in [5.41, 5.74) is 0.0794. The summed E-state index contributed by atoms with van der Waals surface area (Å²) < 4.78 is 22.2. The summed E-state index contributed by atoms with van der Waals surface area (Å²) >= 11 is 1.68. The van der Waals surface area contributed by atoms with Gasteiger partial charge in [-0.1, -0.05) is 32.9 Å². The minimum Gasteiger partial charge on any atom is -0.392 e. The number of ether oxygens (including phenoxy) is 3. The molecule has 0 radical (unpaired) electrons. The average molecular weight is 587 g/mol. The molecule has 0 aromatic rings. The summed E-state index contributed by atoms with van der Waals surface area (Å²) in [6.45, 7) is 11.5. The van der Waals surface area contributed by atoms with Gasteiger partial charge in [-0.3, -0.25) is 4.79 Å². The molecule has 192 valence electrons. The molecule has 1 amide bonds. The van der Waals surface area contributed by atoms with Crippen LogP contribution in [0.1, 0.15) is 47.0 Å². The van der Waals surface area contributed by atoms with Gasteiger partial charge in [0.2, 0.25) is 5.79 Å². The fraction of sp³-hybridized carbons (Fsp3) is 0.864. The Morgan fingerprint density at radius 1 is 1.33 bits per heavy atom. The highest BCUT2D eigenvalue weighted by Crippen LogP contribution is 2.40. The SMILES string of the molecule is C=C1C[C@](OC)([C@H](O)C(=O)N[C@@H](O)C2C[C@@H](O)C(C)(C)[C@@H](C[C@H](O)COI)O2)O[C@H](C)[C@@H]1C. The Labute approximate surface area is 209 Å². The molecular weight excluding hydrogens is 549 g/mol. The fourth-order valence-corrected chi connectivity index (χ4v) is 4.72. The van der Waals surface area contributed by atoms with Gasteiger partial charge in [-0.05, 0) is 6.92 Å². The predicted octanol–water partition coefficient (Wildman–Crippen LogP) is 0.788. The molecule has 2 fully saturated rings. The zero-order valence-corrected chi connectivity index (χ0v) is 22.0. The Kier molecular flexibility index (Phi) is 10.1. The zero-order valence-electron chi connectivity index (χ0n) is 19.9. The van der Waals surface area contributed by atoms with Gasteiger partial charge in [-0.25, -0.2) is 0 Å². The summed E-state index contributed by atoms with van der Waals surface area (Å²) in [7, 11) is 1.33. The van der Waals surface area contributed by atoms with Gasteiger partial charge in [0.15, 0.2) is 12.3 Å². The second-order valence-corrected chi connectivity index (χ2v) is 10.3.